The molecule has 3 heteroatoms. The molecule has 17 heavy (non-hydrogen) atoms. The van der Waals surface area contributed by atoms with E-state index in [9.17, 15) is 5.11 Å². The van der Waals surface area contributed by atoms with Gasteiger partial charge in [0.05, 0.1) is 6.10 Å². The van der Waals surface area contributed by atoms with Crippen LogP contribution in [0.1, 0.15) is 54.8 Å². The Bertz CT molecular complexity index is 405. The average Bonchev–Trinajstić information content (AvgIpc) is 2.68. The highest BCUT2D eigenvalue weighted by molar-refractivity contribution is 5.32. The molecule has 1 saturated heterocycles. The summed E-state index contributed by atoms with van der Waals surface area (Å²) in [4.78, 5) is 0. The number of fused-ring (bicyclic) bond motifs is 1. The fourth-order valence-electron chi connectivity index (χ4n) is 3.35. The average molecular weight is 235 g/mol. The number of aromatic nitrogens is 1. The van der Waals surface area contributed by atoms with E-state index in [4.69, 9.17) is 4.74 Å². The zero-order valence-corrected chi connectivity index (χ0v) is 10.5. The number of rotatable bonds is 1. The van der Waals surface area contributed by atoms with Gasteiger partial charge in [0.25, 0.3) is 0 Å². The van der Waals surface area contributed by atoms with Crippen LogP contribution in [0.3, 0.4) is 0 Å². The molecule has 3 rings (SSSR count). The van der Waals surface area contributed by atoms with E-state index in [0.717, 1.165) is 45.3 Å². The van der Waals surface area contributed by atoms with Gasteiger partial charge < -0.3 is 14.4 Å². The number of hydrogen-bond acceptors (Lipinski definition) is 2. The van der Waals surface area contributed by atoms with Gasteiger partial charge in [-0.05, 0) is 45.1 Å². The van der Waals surface area contributed by atoms with Gasteiger partial charge in [-0.3, -0.25) is 0 Å². The SMILES string of the molecule is Cc1cc2c(n1C1CCOCC1)CCCC2O. The van der Waals surface area contributed by atoms with Gasteiger partial charge in [0.15, 0.2) is 0 Å². The van der Waals surface area contributed by atoms with Crippen molar-refractivity contribution < 1.29 is 9.84 Å². The predicted molar refractivity (Wildman–Crippen MR) is 66.2 cm³/mol. The van der Waals surface area contributed by atoms with Crippen molar-refractivity contribution in [1.29, 1.82) is 0 Å². The third-order valence-corrected chi connectivity index (χ3v) is 4.17. The molecule has 0 aromatic carbocycles. The van der Waals surface area contributed by atoms with E-state index < -0.39 is 0 Å². The van der Waals surface area contributed by atoms with E-state index >= 15 is 0 Å². The molecule has 0 radical (unpaired) electrons. The number of nitrogens with zero attached hydrogens (tertiary/aromatic N) is 1. The lowest BCUT2D eigenvalue weighted by molar-refractivity contribution is 0.0679. The highest BCUT2D eigenvalue weighted by atomic mass is 16.5. The van der Waals surface area contributed by atoms with Crippen LogP contribution in [-0.2, 0) is 11.2 Å². The van der Waals surface area contributed by atoms with Crippen molar-refractivity contribution >= 4 is 0 Å². The Morgan fingerprint density at radius 2 is 2.06 bits per heavy atom. The van der Waals surface area contributed by atoms with E-state index in [1.54, 1.807) is 0 Å². The number of aryl methyl sites for hydroxylation is 1. The quantitative estimate of drug-likeness (QED) is 0.811. The van der Waals surface area contributed by atoms with Crippen molar-refractivity contribution in [2.45, 2.75) is 51.2 Å². The molecule has 0 saturated carbocycles. The van der Waals surface area contributed by atoms with Crippen LogP contribution in [0, 0.1) is 6.92 Å². The third kappa shape index (κ3) is 1.91. The lowest BCUT2D eigenvalue weighted by Gasteiger charge is -2.29. The van der Waals surface area contributed by atoms with Gasteiger partial charge in [-0.15, -0.1) is 0 Å². The normalized spacial score (nSPS) is 25.9. The van der Waals surface area contributed by atoms with Crippen LogP contribution in [0.15, 0.2) is 6.07 Å². The van der Waals surface area contributed by atoms with Crippen LogP contribution in [-0.4, -0.2) is 22.9 Å². The van der Waals surface area contributed by atoms with Crippen molar-refractivity contribution in [3.05, 3.63) is 23.0 Å². The Hall–Kier alpha value is -0.800. The molecule has 1 atom stereocenters. The molecule has 1 unspecified atom stereocenters. The van der Waals surface area contributed by atoms with E-state index in [0.29, 0.717) is 6.04 Å². The van der Waals surface area contributed by atoms with Crippen molar-refractivity contribution in [2.75, 3.05) is 13.2 Å². The van der Waals surface area contributed by atoms with Crippen LogP contribution in [0.5, 0.6) is 0 Å². The van der Waals surface area contributed by atoms with Crippen LogP contribution in [0.25, 0.3) is 0 Å². The van der Waals surface area contributed by atoms with Gasteiger partial charge in [0.2, 0.25) is 0 Å². The molecule has 2 heterocycles. The fraction of sp³-hybridized carbons (Fsp3) is 0.714. The third-order valence-electron chi connectivity index (χ3n) is 4.17. The minimum Gasteiger partial charge on any atom is -0.388 e. The zero-order valence-electron chi connectivity index (χ0n) is 10.5. The topological polar surface area (TPSA) is 34.4 Å². The van der Waals surface area contributed by atoms with Gasteiger partial charge in [0.1, 0.15) is 0 Å². The molecule has 1 N–H and O–H groups in total. The predicted octanol–water partition coefficient (Wildman–Crippen LogP) is 2.52. The summed E-state index contributed by atoms with van der Waals surface area (Å²) in [7, 11) is 0. The zero-order chi connectivity index (χ0) is 11.8. The largest absolute Gasteiger partial charge is 0.388 e. The van der Waals surface area contributed by atoms with Crippen molar-refractivity contribution in [2.24, 2.45) is 0 Å². The molecule has 94 valence electrons. The maximum absolute atomic E-state index is 10.1. The monoisotopic (exact) mass is 235 g/mol. The number of aliphatic hydroxyl groups is 1. The number of aliphatic hydroxyl groups excluding tert-OH is 1. The van der Waals surface area contributed by atoms with E-state index in [2.05, 4.69) is 17.6 Å². The molecule has 1 fully saturated rings. The molecular formula is C14H21NO2. The van der Waals surface area contributed by atoms with Crippen molar-refractivity contribution in [3.63, 3.8) is 0 Å². The molecule has 0 bridgehead atoms. The second-order valence-corrected chi connectivity index (χ2v) is 5.31. The maximum Gasteiger partial charge on any atom is 0.0807 e. The maximum atomic E-state index is 10.1. The van der Waals surface area contributed by atoms with Crippen molar-refractivity contribution in [1.82, 2.24) is 4.57 Å². The summed E-state index contributed by atoms with van der Waals surface area (Å²) >= 11 is 0. The molecule has 0 amide bonds. The van der Waals surface area contributed by atoms with Gasteiger partial charge in [0, 0.05) is 36.2 Å². The molecule has 1 aliphatic heterocycles. The molecule has 2 aliphatic rings. The summed E-state index contributed by atoms with van der Waals surface area (Å²) in [6.45, 7) is 3.92. The Balaban J connectivity index is 1.98. The lowest BCUT2D eigenvalue weighted by atomic mass is 9.94. The van der Waals surface area contributed by atoms with Crippen LogP contribution in [0.4, 0.5) is 0 Å². The van der Waals surface area contributed by atoms with E-state index in [-0.39, 0.29) is 6.10 Å². The summed E-state index contributed by atoms with van der Waals surface area (Å²) in [5.74, 6) is 0. The summed E-state index contributed by atoms with van der Waals surface area (Å²) < 4.78 is 7.91. The summed E-state index contributed by atoms with van der Waals surface area (Å²) in [6.07, 6.45) is 5.14. The van der Waals surface area contributed by atoms with Gasteiger partial charge in [-0.25, -0.2) is 0 Å². The highest BCUT2D eigenvalue weighted by Gasteiger charge is 2.27. The molecular weight excluding hydrogens is 214 g/mol. The molecule has 3 nitrogen and oxygen atoms in total. The number of ether oxygens (including phenoxy) is 1. The summed E-state index contributed by atoms with van der Waals surface area (Å²) in [6, 6.07) is 2.77. The standard InChI is InChI=1S/C14H21NO2/c1-10-9-12-13(3-2-4-14(12)16)15(10)11-5-7-17-8-6-11/h9,11,14,16H,2-8H2,1H3. The minimum absolute atomic E-state index is 0.237. The number of hydrogen-bond donors (Lipinski definition) is 1. The first kappa shape index (κ1) is 11.3. The lowest BCUT2D eigenvalue weighted by Crippen LogP contribution is -2.23. The van der Waals surface area contributed by atoms with Crippen LogP contribution >= 0.6 is 0 Å². The van der Waals surface area contributed by atoms with Gasteiger partial charge in [-0.2, -0.15) is 0 Å². The molecule has 1 aromatic rings. The van der Waals surface area contributed by atoms with Crippen LogP contribution in [0.2, 0.25) is 0 Å². The molecule has 0 spiro atoms. The molecule has 1 aliphatic carbocycles. The fourth-order valence-corrected chi connectivity index (χ4v) is 3.35. The first-order valence-corrected chi connectivity index (χ1v) is 6.74. The Morgan fingerprint density at radius 3 is 2.82 bits per heavy atom. The van der Waals surface area contributed by atoms with E-state index in [1.165, 1.54) is 17.0 Å². The first-order valence-electron chi connectivity index (χ1n) is 6.74. The Morgan fingerprint density at radius 1 is 1.29 bits per heavy atom. The Kier molecular flexibility index (Phi) is 2.97. The van der Waals surface area contributed by atoms with Gasteiger partial charge in [-0.1, -0.05) is 0 Å². The smallest absolute Gasteiger partial charge is 0.0807 e. The van der Waals surface area contributed by atoms with Crippen molar-refractivity contribution in [3.8, 4) is 0 Å². The highest BCUT2D eigenvalue weighted by Crippen LogP contribution is 2.36. The summed E-state index contributed by atoms with van der Waals surface area (Å²) in [5, 5.41) is 10.1. The van der Waals surface area contributed by atoms with Gasteiger partial charge >= 0.3 is 0 Å². The van der Waals surface area contributed by atoms with E-state index in [1.807, 2.05) is 0 Å². The second kappa shape index (κ2) is 4.46. The summed E-state index contributed by atoms with van der Waals surface area (Å²) in [5.41, 5.74) is 3.87. The minimum atomic E-state index is -0.237. The Labute approximate surface area is 102 Å². The first-order chi connectivity index (χ1) is 8.27. The second-order valence-electron chi connectivity index (χ2n) is 5.31. The molecule has 1 aromatic heterocycles. The van der Waals surface area contributed by atoms with Crippen LogP contribution < -0.4 is 0 Å².